The Hall–Kier alpha value is -4.88. The average molecular weight is 744 g/mol. The third-order valence-electron chi connectivity index (χ3n) is 15.6. The van der Waals surface area contributed by atoms with Crippen molar-refractivity contribution in [3.05, 3.63) is 166 Å². The van der Waals surface area contributed by atoms with Crippen LogP contribution >= 0.6 is 0 Å². The molecule has 1 nitrogen and oxygen atoms in total. The van der Waals surface area contributed by atoms with Gasteiger partial charge in [-0.3, -0.25) is 0 Å². The molecule has 5 aliphatic carbocycles. The highest BCUT2D eigenvalue weighted by Gasteiger charge is 2.56. The van der Waals surface area contributed by atoms with E-state index < -0.39 is 0 Å². The van der Waals surface area contributed by atoms with Gasteiger partial charge in [0.1, 0.15) is 0 Å². The molecule has 0 aliphatic heterocycles. The average Bonchev–Trinajstić information content (AvgIpc) is 4.00. The predicted octanol–water partition coefficient (Wildman–Crippen LogP) is 15.3. The van der Waals surface area contributed by atoms with Gasteiger partial charge in [0.25, 0.3) is 0 Å². The molecule has 5 aliphatic rings. The van der Waals surface area contributed by atoms with Gasteiger partial charge in [-0.1, -0.05) is 157 Å². The zero-order valence-electron chi connectivity index (χ0n) is 34.5. The topological polar surface area (TPSA) is 3.24 Å². The van der Waals surface area contributed by atoms with Gasteiger partial charge in [-0.25, -0.2) is 0 Å². The van der Waals surface area contributed by atoms with Crippen molar-refractivity contribution in [1.82, 2.24) is 0 Å². The summed E-state index contributed by atoms with van der Waals surface area (Å²) in [6.07, 6.45) is 12.2. The number of anilines is 2. The summed E-state index contributed by atoms with van der Waals surface area (Å²) >= 11 is 0. The molecule has 1 heteroatoms. The third-order valence-corrected chi connectivity index (χ3v) is 15.6. The molecule has 0 heterocycles. The minimum atomic E-state index is -0.0663. The Morgan fingerprint density at radius 2 is 1.21 bits per heavy atom. The molecule has 3 saturated carbocycles. The van der Waals surface area contributed by atoms with Gasteiger partial charge in [-0.05, 0) is 152 Å². The molecule has 0 saturated heterocycles. The number of nitrogens with zero attached hydrogens (tertiary/aromatic N) is 1. The fraction of sp³-hybridized carbons (Fsp3) is 0.357. The molecular weight excluding hydrogens is 687 g/mol. The standard InChI is InChI=1S/C56H57N/c1-36(2)41-23-27-46(40-21-19-39(20-22-40)38-12-6-5-7-13-38)42(31-41)35-57(44-25-28-49-47-14-8-10-16-51(47)55(3,4)53(49)32-44)45-26-29-50-48-15-9-11-17-52(48)56(54(50)33-45)34-37-18-24-43(56)30-37/h8-11,14-17,19-23,25-29,31-33,36-38,43H,5-7,12-13,18,24,30,34-35H2,1-4H3. The first-order chi connectivity index (χ1) is 27.8. The van der Waals surface area contributed by atoms with Crippen molar-refractivity contribution in [2.24, 2.45) is 11.8 Å². The Labute approximate surface area is 341 Å². The van der Waals surface area contributed by atoms with E-state index in [9.17, 15) is 0 Å². The summed E-state index contributed by atoms with van der Waals surface area (Å²) in [6.45, 7) is 10.3. The molecule has 1 spiro atoms. The smallest absolute Gasteiger partial charge is 0.0488 e. The molecule has 6 aromatic rings. The number of hydrogen-bond donors (Lipinski definition) is 0. The summed E-state index contributed by atoms with van der Waals surface area (Å²) < 4.78 is 0. The summed E-state index contributed by atoms with van der Waals surface area (Å²) in [4.78, 5) is 2.67. The summed E-state index contributed by atoms with van der Waals surface area (Å²) in [7, 11) is 0. The largest absolute Gasteiger partial charge is 0.337 e. The van der Waals surface area contributed by atoms with Crippen LogP contribution in [0.15, 0.2) is 127 Å². The Bertz CT molecular complexity index is 2510. The molecule has 0 aromatic heterocycles. The Morgan fingerprint density at radius 1 is 0.579 bits per heavy atom. The van der Waals surface area contributed by atoms with Crippen molar-refractivity contribution in [2.75, 3.05) is 4.90 Å². The van der Waals surface area contributed by atoms with E-state index in [-0.39, 0.29) is 10.8 Å². The highest BCUT2D eigenvalue weighted by Crippen LogP contribution is 2.66. The van der Waals surface area contributed by atoms with Gasteiger partial charge < -0.3 is 4.90 Å². The summed E-state index contributed by atoms with van der Waals surface area (Å²) in [5.41, 5.74) is 21.4. The van der Waals surface area contributed by atoms with Crippen LogP contribution in [0.1, 0.15) is 136 Å². The number of hydrogen-bond acceptors (Lipinski definition) is 1. The van der Waals surface area contributed by atoms with Crippen molar-refractivity contribution in [2.45, 2.75) is 115 Å². The van der Waals surface area contributed by atoms with Gasteiger partial charge in [0, 0.05) is 28.7 Å². The van der Waals surface area contributed by atoms with Gasteiger partial charge in [0.05, 0.1) is 0 Å². The SMILES string of the molecule is CC(C)c1ccc(-c2ccc(C3CCCCC3)cc2)c(CN(c2ccc3c(c2)C(C)(C)c2ccccc2-3)c2ccc3c(c2)C2(CC4CCC2C4)c2ccccc2-3)c1. The van der Waals surface area contributed by atoms with Gasteiger partial charge >= 0.3 is 0 Å². The lowest BCUT2D eigenvalue weighted by atomic mass is 9.67. The summed E-state index contributed by atoms with van der Waals surface area (Å²) in [5, 5.41) is 0. The highest BCUT2D eigenvalue weighted by atomic mass is 15.1. The second kappa shape index (κ2) is 13.3. The van der Waals surface area contributed by atoms with Gasteiger partial charge in [0.2, 0.25) is 0 Å². The zero-order valence-corrected chi connectivity index (χ0v) is 34.5. The first-order valence-electron chi connectivity index (χ1n) is 22.3. The van der Waals surface area contributed by atoms with Crippen LogP contribution in [-0.2, 0) is 17.4 Å². The second-order valence-corrected chi connectivity index (χ2v) is 19.3. The molecule has 0 amide bonds. The molecular formula is C56H57N. The van der Waals surface area contributed by atoms with E-state index in [1.165, 1.54) is 130 Å². The van der Waals surface area contributed by atoms with Crippen LogP contribution in [0.3, 0.4) is 0 Å². The number of fused-ring (bicyclic) bond motifs is 11. The van der Waals surface area contributed by atoms with Gasteiger partial charge in [-0.2, -0.15) is 0 Å². The van der Waals surface area contributed by atoms with E-state index in [4.69, 9.17) is 0 Å². The number of rotatable bonds is 7. The highest BCUT2D eigenvalue weighted by molar-refractivity contribution is 5.86. The molecule has 3 unspecified atom stereocenters. The Morgan fingerprint density at radius 3 is 1.89 bits per heavy atom. The van der Waals surface area contributed by atoms with E-state index in [1.54, 1.807) is 11.1 Å². The van der Waals surface area contributed by atoms with E-state index in [0.29, 0.717) is 11.8 Å². The van der Waals surface area contributed by atoms with Crippen molar-refractivity contribution in [3.8, 4) is 33.4 Å². The Kier molecular flexibility index (Phi) is 8.26. The van der Waals surface area contributed by atoms with Crippen LogP contribution in [0, 0.1) is 11.8 Å². The van der Waals surface area contributed by atoms with Gasteiger partial charge in [0.15, 0.2) is 0 Å². The van der Waals surface area contributed by atoms with Crippen molar-refractivity contribution >= 4 is 11.4 Å². The van der Waals surface area contributed by atoms with Crippen LogP contribution in [-0.4, -0.2) is 0 Å². The van der Waals surface area contributed by atoms with Gasteiger partial charge in [-0.15, -0.1) is 0 Å². The molecule has 3 fully saturated rings. The normalized spacial score (nSPS) is 22.5. The van der Waals surface area contributed by atoms with E-state index >= 15 is 0 Å². The van der Waals surface area contributed by atoms with Crippen LogP contribution in [0.25, 0.3) is 33.4 Å². The van der Waals surface area contributed by atoms with Crippen molar-refractivity contribution in [3.63, 3.8) is 0 Å². The first kappa shape index (κ1) is 35.3. The lowest BCUT2D eigenvalue weighted by molar-refractivity contribution is 0.327. The van der Waals surface area contributed by atoms with Crippen molar-refractivity contribution in [1.29, 1.82) is 0 Å². The van der Waals surface area contributed by atoms with Crippen LogP contribution in [0.4, 0.5) is 11.4 Å². The molecule has 6 aromatic carbocycles. The van der Waals surface area contributed by atoms with E-state index in [2.05, 4.69) is 160 Å². The summed E-state index contributed by atoms with van der Waals surface area (Å²) in [5.74, 6) is 2.75. The summed E-state index contributed by atoms with van der Waals surface area (Å²) in [6, 6.07) is 50.5. The minimum absolute atomic E-state index is 0.0663. The van der Waals surface area contributed by atoms with Crippen LogP contribution in [0.2, 0.25) is 0 Å². The fourth-order valence-electron chi connectivity index (χ4n) is 12.7. The lowest BCUT2D eigenvalue weighted by Gasteiger charge is -2.37. The third kappa shape index (κ3) is 5.47. The second-order valence-electron chi connectivity index (χ2n) is 19.3. The molecule has 0 radical (unpaired) electrons. The molecule has 11 rings (SSSR count). The van der Waals surface area contributed by atoms with E-state index in [1.807, 2.05) is 0 Å². The van der Waals surface area contributed by atoms with Crippen LogP contribution < -0.4 is 4.90 Å². The predicted molar refractivity (Wildman–Crippen MR) is 240 cm³/mol. The molecule has 286 valence electrons. The number of benzene rings is 6. The molecule has 3 atom stereocenters. The minimum Gasteiger partial charge on any atom is -0.337 e. The maximum atomic E-state index is 2.67. The maximum Gasteiger partial charge on any atom is 0.0488 e. The van der Waals surface area contributed by atoms with E-state index in [0.717, 1.165) is 18.4 Å². The fourth-order valence-corrected chi connectivity index (χ4v) is 12.7. The maximum absolute atomic E-state index is 2.67. The molecule has 0 N–H and O–H groups in total. The zero-order chi connectivity index (χ0) is 38.5. The molecule has 57 heavy (non-hydrogen) atoms. The quantitative estimate of drug-likeness (QED) is 0.157. The first-order valence-corrected chi connectivity index (χ1v) is 22.3. The monoisotopic (exact) mass is 743 g/mol. The van der Waals surface area contributed by atoms with Crippen LogP contribution in [0.5, 0.6) is 0 Å². The molecule has 2 bridgehead atoms. The Balaban J connectivity index is 1.07. The van der Waals surface area contributed by atoms with Crippen molar-refractivity contribution < 1.29 is 0 Å². The lowest BCUT2D eigenvalue weighted by Crippen LogP contribution is -2.32.